The summed E-state index contributed by atoms with van der Waals surface area (Å²) in [5, 5.41) is 3.19. The van der Waals surface area contributed by atoms with Crippen LogP contribution in [-0.4, -0.2) is 12.1 Å². The minimum absolute atomic E-state index is 0.197. The fourth-order valence-electron chi connectivity index (χ4n) is 1.80. The second-order valence-electron chi connectivity index (χ2n) is 3.45. The third kappa shape index (κ3) is 3.55. The molecule has 1 saturated carbocycles. The van der Waals surface area contributed by atoms with E-state index >= 15 is 0 Å². The molecule has 1 aliphatic rings. The van der Waals surface area contributed by atoms with Crippen molar-refractivity contribution in [2.24, 2.45) is 11.1 Å². The summed E-state index contributed by atoms with van der Waals surface area (Å²) in [6.45, 7) is 1.80. The summed E-state index contributed by atoms with van der Waals surface area (Å²) >= 11 is 0. The van der Waals surface area contributed by atoms with Gasteiger partial charge < -0.3 is 0 Å². The van der Waals surface area contributed by atoms with Crippen LogP contribution in [0.1, 0.15) is 39.0 Å². The van der Waals surface area contributed by atoms with E-state index in [2.05, 4.69) is 9.99 Å². The Balaban J connectivity index is 2.51. The third-order valence-electron chi connectivity index (χ3n) is 2.46. The summed E-state index contributed by atoms with van der Waals surface area (Å²) in [6.07, 6.45) is -0.0903. The quantitative estimate of drug-likeness (QED) is 0.515. The Morgan fingerprint density at radius 2 is 1.93 bits per heavy atom. The molecule has 0 radical (unpaired) electrons. The number of halogens is 3. The standard InChI is InChI=1S/C9H14F3NO/c1-2-8(7-5-3-4-6-7)13-14-9(10,11)12/h7H,2-6H2,1H3/b13-8+. The molecule has 1 rings (SSSR count). The van der Waals surface area contributed by atoms with Crippen molar-refractivity contribution in [2.45, 2.75) is 45.4 Å². The van der Waals surface area contributed by atoms with E-state index in [9.17, 15) is 13.2 Å². The molecule has 0 atom stereocenters. The van der Waals surface area contributed by atoms with Gasteiger partial charge in [0, 0.05) is 5.92 Å². The second-order valence-corrected chi connectivity index (χ2v) is 3.45. The van der Waals surface area contributed by atoms with Crippen LogP contribution in [-0.2, 0) is 4.84 Å². The summed E-state index contributed by atoms with van der Waals surface area (Å²) in [5.41, 5.74) is 0.542. The predicted octanol–water partition coefficient (Wildman–Crippen LogP) is 3.48. The predicted molar refractivity (Wildman–Crippen MR) is 46.8 cm³/mol. The maximum absolute atomic E-state index is 11.7. The summed E-state index contributed by atoms with van der Waals surface area (Å²) in [6, 6.07) is 0. The number of hydrogen-bond donors (Lipinski definition) is 0. The largest absolute Gasteiger partial charge is 0.593 e. The van der Waals surface area contributed by atoms with Crippen LogP contribution >= 0.6 is 0 Å². The molecular weight excluding hydrogens is 195 g/mol. The zero-order valence-electron chi connectivity index (χ0n) is 8.10. The van der Waals surface area contributed by atoms with Crippen molar-refractivity contribution >= 4 is 5.71 Å². The molecule has 0 amide bonds. The van der Waals surface area contributed by atoms with E-state index in [0.717, 1.165) is 25.7 Å². The molecule has 0 unspecified atom stereocenters. The van der Waals surface area contributed by atoms with E-state index in [-0.39, 0.29) is 5.92 Å². The van der Waals surface area contributed by atoms with Gasteiger partial charge in [-0.1, -0.05) is 24.9 Å². The maximum atomic E-state index is 11.7. The summed E-state index contributed by atoms with van der Waals surface area (Å²) in [5.74, 6) is 0.197. The Hall–Kier alpha value is -0.740. The van der Waals surface area contributed by atoms with Crippen molar-refractivity contribution in [1.29, 1.82) is 0 Å². The summed E-state index contributed by atoms with van der Waals surface area (Å²) < 4.78 is 35.1. The molecule has 0 aromatic heterocycles. The van der Waals surface area contributed by atoms with E-state index in [1.54, 1.807) is 6.92 Å². The van der Waals surface area contributed by atoms with Gasteiger partial charge in [0.05, 0.1) is 5.71 Å². The average molecular weight is 209 g/mol. The molecule has 0 aromatic carbocycles. The molecule has 14 heavy (non-hydrogen) atoms. The molecule has 0 saturated heterocycles. The van der Waals surface area contributed by atoms with Crippen LogP contribution in [0.15, 0.2) is 5.16 Å². The Bertz CT molecular complexity index is 207. The first-order valence-electron chi connectivity index (χ1n) is 4.84. The lowest BCUT2D eigenvalue weighted by atomic mass is 10.0. The van der Waals surface area contributed by atoms with E-state index in [0.29, 0.717) is 12.1 Å². The minimum Gasteiger partial charge on any atom is -0.294 e. The highest BCUT2D eigenvalue weighted by atomic mass is 19.4. The molecule has 0 aliphatic heterocycles. The van der Waals surface area contributed by atoms with Crippen molar-refractivity contribution in [3.05, 3.63) is 0 Å². The lowest BCUT2D eigenvalue weighted by molar-refractivity contribution is -0.325. The van der Waals surface area contributed by atoms with Gasteiger partial charge in [0.1, 0.15) is 0 Å². The number of alkyl halides is 3. The molecule has 0 bridgehead atoms. The molecule has 0 spiro atoms. The molecule has 0 N–H and O–H groups in total. The van der Waals surface area contributed by atoms with Crippen LogP contribution in [0.25, 0.3) is 0 Å². The Kier molecular flexibility index (Phi) is 3.77. The highest BCUT2D eigenvalue weighted by molar-refractivity contribution is 5.86. The molecule has 2 nitrogen and oxygen atoms in total. The SMILES string of the molecule is CC/C(=N\OC(F)(F)F)C1CCCC1. The van der Waals surface area contributed by atoms with Gasteiger partial charge in [0.15, 0.2) is 0 Å². The average Bonchev–Trinajstić information content (AvgIpc) is 2.56. The lowest BCUT2D eigenvalue weighted by Gasteiger charge is -2.11. The van der Waals surface area contributed by atoms with Gasteiger partial charge in [0.2, 0.25) is 0 Å². The van der Waals surface area contributed by atoms with E-state index in [1.165, 1.54) is 0 Å². The monoisotopic (exact) mass is 209 g/mol. The van der Waals surface area contributed by atoms with Crippen molar-refractivity contribution < 1.29 is 18.0 Å². The Labute approximate surface area is 81.1 Å². The first kappa shape index (κ1) is 11.3. The first-order chi connectivity index (χ1) is 6.53. The van der Waals surface area contributed by atoms with Crippen LogP contribution < -0.4 is 0 Å². The normalized spacial score (nSPS) is 20.1. The minimum atomic E-state index is -4.65. The molecule has 0 aromatic rings. The van der Waals surface area contributed by atoms with Crippen molar-refractivity contribution in [3.8, 4) is 0 Å². The zero-order chi connectivity index (χ0) is 10.6. The van der Waals surface area contributed by atoms with Crippen molar-refractivity contribution in [2.75, 3.05) is 0 Å². The summed E-state index contributed by atoms with van der Waals surface area (Å²) in [4.78, 5) is 3.48. The lowest BCUT2D eigenvalue weighted by Crippen LogP contribution is -2.15. The zero-order valence-corrected chi connectivity index (χ0v) is 8.10. The van der Waals surface area contributed by atoms with Gasteiger partial charge in [-0.3, -0.25) is 4.84 Å². The fraction of sp³-hybridized carbons (Fsp3) is 0.889. The molecular formula is C9H14F3NO. The van der Waals surface area contributed by atoms with Gasteiger partial charge in [0.25, 0.3) is 0 Å². The molecule has 82 valence electrons. The molecule has 1 fully saturated rings. The van der Waals surface area contributed by atoms with Crippen LogP contribution in [0, 0.1) is 5.92 Å². The van der Waals surface area contributed by atoms with E-state index in [1.807, 2.05) is 0 Å². The Morgan fingerprint density at radius 3 is 2.36 bits per heavy atom. The third-order valence-corrected chi connectivity index (χ3v) is 2.46. The van der Waals surface area contributed by atoms with Crippen LogP contribution in [0.2, 0.25) is 0 Å². The molecule has 5 heteroatoms. The number of rotatable bonds is 3. The van der Waals surface area contributed by atoms with Crippen LogP contribution in [0.4, 0.5) is 13.2 Å². The fourth-order valence-corrected chi connectivity index (χ4v) is 1.80. The summed E-state index contributed by atoms with van der Waals surface area (Å²) in [7, 11) is 0. The number of nitrogens with zero attached hydrogens (tertiary/aromatic N) is 1. The highest BCUT2D eigenvalue weighted by Crippen LogP contribution is 2.28. The number of hydrogen-bond acceptors (Lipinski definition) is 2. The van der Waals surface area contributed by atoms with Crippen LogP contribution in [0.3, 0.4) is 0 Å². The van der Waals surface area contributed by atoms with E-state index in [4.69, 9.17) is 0 Å². The van der Waals surface area contributed by atoms with Crippen LogP contribution in [0.5, 0.6) is 0 Å². The maximum Gasteiger partial charge on any atom is 0.593 e. The second kappa shape index (κ2) is 4.66. The topological polar surface area (TPSA) is 21.6 Å². The van der Waals surface area contributed by atoms with E-state index < -0.39 is 6.36 Å². The van der Waals surface area contributed by atoms with Gasteiger partial charge in [-0.2, -0.15) is 0 Å². The highest BCUT2D eigenvalue weighted by Gasteiger charge is 2.32. The van der Waals surface area contributed by atoms with Gasteiger partial charge in [-0.05, 0) is 19.3 Å². The van der Waals surface area contributed by atoms with Crippen molar-refractivity contribution in [3.63, 3.8) is 0 Å². The number of oxime groups is 1. The van der Waals surface area contributed by atoms with Gasteiger partial charge >= 0.3 is 6.36 Å². The van der Waals surface area contributed by atoms with Gasteiger partial charge in [-0.15, -0.1) is 13.2 Å². The van der Waals surface area contributed by atoms with Crippen molar-refractivity contribution in [1.82, 2.24) is 0 Å². The molecule has 0 heterocycles. The first-order valence-corrected chi connectivity index (χ1v) is 4.84. The van der Waals surface area contributed by atoms with Gasteiger partial charge in [-0.25, -0.2) is 0 Å². The Morgan fingerprint density at radius 1 is 1.36 bits per heavy atom. The smallest absolute Gasteiger partial charge is 0.294 e. The molecule has 1 aliphatic carbocycles.